The van der Waals surface area contributed by atoms with Crippen molar-refractivity contribution in [3.63, 3.8) is 0 Å². The van der Waals surface area contributed by atoms with E-state index in [-0.39, 0.29) is 6.10 Å². The molecule has 0 unspecified atom stereocenters. The average Bonchev–Trinajstić information content (AvgIpc) is 3.17. The van der Waals surface area contributed by atoms with Gasteiger partial charge in [-0.15, -0.1) is 11.3 Å². The summed E-state index contributed by atoms with van der Waals surface area (Å²) in [5.74, 6) is 1.03. The maximum absolute atomic E-state index is 11.6. The first-order chi connectivity index (χ1) is 11.3. The summed E-state index contributed by atoms with van der Waals surface area (Å²) in [6.07, 6.45) is 6.07. The molecule has 1 heterocycles. The normalized spacial score (nSPS) is 16.0. The number of aromatic nitrogens is 1. The Morgan fingerprint density at radius 2 is 1.79 bits per heavy atom. The lowest BCUT2D eigenvalue weighted by atomic mass is 10.2. The standard InChI is InChI=1S/C18H23NO3S2/c1-12(2)18-19-17(22-14-6-4-5-7-14)16(23-18)13-8-10-15(11-9-13)24(3,20)21/h8-12,14H,4-7H2,1-3H3. The van der Waals surface area contributed by atoms with Crippen LogP contribution in [0.15, 0.2) is 29.2 Å². The Labute approximate surface area is 147 Å². The third-order valence-corrected chi connectivity index (χ3v) is 6.75. The Balaban J connectivity index is 1.95. The largest absolute Gasteiger partial charge is 0.473 e. The van der Waals surface area contributed by atoms with Gasteiger partial charge in [0.05, 0.1) is 14.8 Å². The summed E-state index contributed by atoms with van der Waals surface area (Å²) >= 11 is 1.63. The van der Waals surface area contributed by atoms with E-state index in [9.17, 15) is 8.42 Å². The topological polar surface area (TPSA) is 56.3 Å². The molecule has 1 saturated carbocycles. The summed E-state index contributed by atoms with van der Waals surface area (Å²) in [5.41, 5.74) is 0.958. The Kier molecular flexibility index (Phi) is 4.97. The van der Waals surface area contributed by atoms with Crippen LogP contribution in [-0.4, -0.2) is 25.8 Å². The SMILES string of the molecule is CC(C)c1nc(OC2CCCC2)c(-c2ccc(S(C)(=O)=O)cc2)s1. The minimum atomic E-state index is -3.18. The zero-order chi connectivity index (χ0) is 17.3. The predicted molar refractivity (Wildman–Crippen MR) is 97.6 cm³/mol. The van der Waals surface area contributed by atoms with E-state index < -0.39 is 9.84 Å². The van der Waals surface area contributed by atoms with Crippen LogP contribution in [0.2, 0.25) is 0 Å². The molecule has 24 heavy (non-hydrogen) atoms. The van der Waals surface area contributed by atoms with Crippen molar-refractivity contribution in [2.45, 2.75) is 56.4 Å². The summed E-state index contributed by atoms with van der Waals surface area (Å²) in [7, 11) is -3.18. The van der Waals surface area contributed by atoms with Crippen LogP contribution in [0.1, 0.15) is 50.5 Å². The first kappa shape index (κ1) is 17.4. The molecule has 6 heteroatoms. The molecular formula is C18H23NO3S2. The number of sulfone groups is 1. The molecule has 0 bridgehead atoms. The van der Waals surface area contributed by atoms with E-state index in [1.807, 2.05) is 12.1 Å². The van der Waals surface area contributed by atoms with Crippen molar-refractivity contribution < 1.29 is 13.2 Å². The summed E-state index contributed by atoms with van der Waals surface area (Å²) in [6, 6.07) is 6.99. The zero-order valence-corrected chi connectivity index (χ0v) is 15.9. The number of ether oxygens (including phenoxy) is 1. The molecular weight excluding hydrogens is 342 g/mol. The molecule has 0 aliphatic heterocycles. The van der Waals surface area contributed by atoms with Gasteiger partial charge in [0.1, 0.15) is 6.10 Å². The molecule has 1 fully saturated rings. The lowest BCUT2D eigenvalue weighted by molar-refractivity contribution is 0.203. The van der Waals surface area contributed by atoms with Gasteiger partial charge < -0.3 is 4.74 Å². The van der Waals surface area contributed by atoms with Gasteiger partial charge in [-0.25, -0.2) is 13.4 Å². The van der Waals surface area contributed by atoms with Gasteiger partial charge >= 0.3 is 0 Å². The molecule has 0 spiro atoms. The van der Waals surface area contributed by atoms with Gasteiger partial charge in [0.2, 0.25) is 5.88 Å². The average molecular weight is 366 g/mol. The second-order valence-corrected chi connectivity index (χ2v) is 9.71. The van der Waals surface area contributed by atoms with E-state index in [0.717, 1.165) is 28.3 Å². The third kappa shape index (κ3) is 3.81. The highest BCUT2D eigenvalue weighted by molar-refractivity contribution is 7.90. The molecule has 0 amide bonds. The molecule has 1 aliphatic rings. The minimum absolute atomic E-state index is 0.251. The van der Waals surface area contributed by atoms with E-state index in [4.69, 9.17) is 9.72 Å². The summed E-state index contributed by atoms with van der Waals surface area (Å²) in [6.45, 7) is 4.24. The summed E-state index contributed by atoms with van der Waals surface area (Å²) in [4.78, 5) is 6.02. The number of hydrogen-bond donors (Lipinski definition) is 0. The Morgan fingerprint density at radius 3 is 2.33 bits per heavy atom. The molecule has 2 aromatic rings. The monoisotopic (exact) mass is 365 g/mol. The van der Waals surface area contributed by atoms with Crippen molar-refractivity contribution >= 4 is 21.2 Å². The van der Waals surface area contributed by atoms with Crippen LogP contribution in [0.3, 0.4) is 0 Å². The molecule has 3 rings (SSSR count). The molecule has 130 valence electrons. The van der Waals surface area contributed by atoms with E-state index in [1.54, 1.807) is 23.5 Å². The highest BCUT2D eigenvalue weighted by atomic mass is 32.2. The third-order valence-electron chi connectivity index (χ3n) is 4.23. The van der Waals surface area contributed by atoms with Crippen LogP contribution in [-0.2, 0) is 9.84 Å². The van der Waals surface area contributed by atoms with Crippen molar-refractivity contribution in [3.05, 3.63) is 29.3 Å². The van der Waals surface area contributed by atoms with Gasteiger partial charge in [-0.1, -0.05) is 26.0 Å². The van der Waals surface area contributed by atoms with Gasteiger partial charge in [0.25, 0.3) is 0 Å². The van der Waals surface area contributed by atoms with Crippen LogP contribution < -0.4 is 4.74 Å². The quantitative estimate of drug-likeness (QED) is 0.773. The van der Waals surface area contributed by atoms with Crippen molar-refractivity contribution in [2.75, 3.05) is 6.26 Å². The number of benzene rings is 1. The molecule has 0 N–H and O–H groups in total. The van der Waals surface area contributed by atoms with Crippen molar-refractivity contribution in [2.24, 2.45) is 0 Å². The number of hydrogen-bond acceptors (Lipinski definition) is 5. The van der Waals surface area contributed by atoms with Crippen molar-refractivity contribution in [1.29, 1.82) is 0 Å². The van der Waals surface area contributed by atoms with E-state index in [0.29, 0.717) is 16.7 Å². The Bertz CT molecular complexity index is 801. The molecule has 1 aliphatic carbocycles. The van der Waals surface area contributed by atoms with Gasteiger partial charge in [-0.05, 0) is 43.4 Å². The van der Waals surface area contributed by atoms with Crippen LogP contribution in [0.25, 0.3) is 10.4 Å². The van der Waals surface area contributed by atoms with E-state index in [1.165, 1.54) is 19.1 Å². The molecule has 0 saturated heterocycles. The second kappa shape index (κ2) is 6.84. The highest BCUT2D eigenvalue weighted by Gasteiger charge is 2.22. The second-order valence-electron chi connectivity index (χ2n) is 6.66. The first-order valence-corrected chi connectivity index (χ1v) is 11.0. The van der Waals surface area contributed by atoms with E-state index >= 15 is 0 Å². The highest BCUT2D eigenvalue weighted by Crippen LogP contribution is 2.40. The van der Waals surface area contributed by atoms with Crippen LogP contribution >= 0.6 is 11.3 Å². The fraction of sp³-hybridized carbons (Fsp3) is 0.500. The van der Waals surface area contributed by atoms with Gasteiger partial charge in [0, 0.05) is 12.2 Å². The lowest BCUT2D eigenvalue weighted by Crippen LogP contribution is -2.11. The molecule has 4 nitrogen and oxygen atoms in total. The number of nitrogens with zero attached hydrogens (tertiary/aromatic N) is 1. The van der Waals surface area contributed by atoms with Gasteiger partial charge in [-0.2, -0.15) is 0 Å². The van der Waals surface area contributed by atoms with Crippen LogP contribution in [0, 0.1) is 0 Å². The van der Waals surface area contributed by atoms with Crippen molar-refractivity contribution in [3.8, 4) is 16.3 Å². The maximum Gasteiger partial charge on any atom is 0.233 e. The first-order valence-electron chi connectivity index (χ1n) is 8.32. The molecule has 1 aromatic heterocycles. The number of thiazole rings is 1. The Morgan fingerprint density at radius 1 is 1.17 bits per heavy atom. The van der Waals surface area contributed by atoms with Gasteiger partial charge in [-0.3, -0.25) is 0 Å². The number of rotatable bonds is 5. The fourth-order valence-electron chi connectivity index (χ4n) is 2.85. The fourth-order valence-corrected chi connectivity index (χ4v) is 4.49. The maximum atomic E-state index is 11.6. The summed E-state index contributed by atoms with van der Waals surface area (Å²) < 4.78 is 29.4. The van der Waals surface area contributed by atoms with Gasteiger partial charge in [0.15, 0.2) is 9.84 Å². The zero-order valence-electron chi connectivity index (χ0n) is 14.3. The predicted octanol–water partition coefficient (Wildman–Crippen LogP) is 4.66. The van der Waals surface area contributed by atoms with E-state index in [2.05, 4.69) is 13.8 Å². The molecule has 1 aromatic carbocycles. The smallest absolute Gasteiger partial charge is 0.233 e. The van der Waals surface area contributed by atoms with Crippen LogP contribution in [0.5, 0.6) is 5.88 Å². The Hall–Kier alpha value is -1.40. The van der Waals surface area contributed by atoms with Crippen molar-refractivity contribution in [1.82, 2.24) is 4.98 Å². The molecule has 0 atom stereocenters. The van der Waals surface area contributed by atoms with Crippen LogP contribution in [0.4, 0.5) is 0 Å². The lowest BCUT2D eigenvalue weighted by Gasteiger charge is -2.12. The minimum Gasteiger partial charge on any atom is -0.473 e. The molecule has 0 radical (unpaired) electrons. The summed E-state index contributed by atoms with van der Waals surface area (Å²) in [5, 5.41) is 1.05.